The Morgan fingerprint density at radius 2 is 1.86 bits per heavy atom. The van der Waals surface area contributed by atoms with E-state index in [0.29, 0.717) is 11.2 Å². The molecule has 0 saturated heterocycles. The van der Waals surface area contributed by atoms with Gasteiger partial charge < -0.3 is 25.2 Å². The van der Waals surface area contributed by atoms with Crippen LogP contribution in [0.3, 0.4) is 0 Å². The molecule has 1 unspecified atom stereocenters. The van der Waals surface area contributed by atoms with E-state index < -0.39 is 13.5 Å². The number of anilines is 1. The van der Waals surface area contributed by atoms with E-state index in [0.717, 1.165) is 11.1 Å². The van der Waals surface area contributed by atoms with Crippen molar-refractivity contribution in [2.24, 2.45) is 0 Å². The number of hydrogen-bond acceptors (Lipinski definition) is 5. The average molecular weight is 287 g/mol. The van der Waals surface area contributed by atoms with Crippen molar-refractivity contribution in [3.05, 3.63) is 59.7 Å². The van der Waals surface area contributed by atoms with E-state index in [9.17, 15) is 15.2 Å². The molecule has 0 heterocycles. The Balaban J connectivity index is 1.94. The highest BCUT2D eigenvalue weighted by molar-refractivity contribution is 6.58. The van der Waals surface area contributed by atoms with Crippen molar-refractivity contribution in [1.82, 2.24) is 0 Å². The second-order valence-electron chi connectivity index (χ2n) is 4.80. The molecule has 0 fully saturated rings. The molecule has 2 aromatic carbocycles. The Morgan fingerprint density at radius 3 is 2.52 bits per heavy atom. The lowest BCUT2D eigenvalue weighted by atomic mass is 9.79. The van der Waals surface area contributed by atoms with Crippen LogP contribution in [0.25, 0.3) is 0 Å². The highest BCUT2D eigenvalue weighted by Crippen LogP contribution is 2.11. The first kappa shape index (κ1) is 15.5. The third kappa shape index (κ3) is 4.88. The van der Waals surface area contributed by atoms with Crippen molar-refractivity contribution < 1.29 is 19.9 Å². The van der Waals surface area contributed by atoms with Gasteiger partial charge >= 0.3 is 7.12 Å². The van der Waals surface area contributed by atoms with E-state index in [1.54, 1.807) is 18.2 Å². The second-order valence-corrected chi connectivity index (χ2v) is 4.80. The summed E-state index contributed by atoms with van der Waals surface area (Å²) in [6.45, 7) is 2.10. The van der Waals surface area contributed by atoms with Crippen LogP contribution in [0, 0.1) is 6.92 Å². The summed E-state index contributed by atoms with van der Waals surface area (Å²) in [5, 5.41) is 31.0. The highest BCUT2D eigenvalue weighted by atomic mass is 16.6. The number of ether oxygens (including phenoxy) is 1. The number of nitrogens with one attached hydrogen (secondary N) is 1. The quantitative estimate of drug-likeness (QED) is 0.461. The maximum Gasteiger partial charge on any atom is 0.488 e. The van der Waals surface area contributed by atoms with Gasteiger partial charge in [0, 0.05) is 5.69 Å². The number of rotatable bonds is 6. The number of aliphatic hydroxyl groups excluding tert-OH is 1. The summed E-state index contributed by atoms with van der Waals surface area (Å²) < 4.78 is 5.29. The Hall–Kier alpha value is -1.86. The summed E-state index contributed by atoms with van der Waals surface area (Å²) in [5.74, 6) is 0. The molecule has 21 heavy (non-hydrogen) atoms. The topological polar surface area (TPSA) is 82.0 Å². The zero-order chi connectivity index (χ0) is 15.2. The van der Waals surface area contributed by atoms with Gasteiger partial charge in [-0.3, -0.25) is 0 Å². The maximum absolute atomic E-state index is 9.83. The van der Waals surface area contributed by atoms with Gasteiger partial charge in [0.15, 0.2) is 0 Å². The van der Waals surface area contributed by atoms with Crippen molar-refractivity contribution in [3.8, 4) is 0 Å². The molecule has 5 nitrogen and oxygen atoms in total. The van der Waals surface area contributed by atoms with E-state index >= 15 is 0 Å². The van der Waals surface area contributed by atoms with E-state index in [1.807, 2.05) is 37.3 Å². The maximum atomic E-state index is 9.83. The first-order chi connectivity index (χ1) is 10.0. The fraction of sp³-hybridized carbons (Fsp3) is 0.200. The Bertz CT molecular complexity index is 577. The van der Waals surface area contributed by atoms with Gasteiger partial charge in [0.1, 0.15) is 0 Å². The van der Waals surface area contributed by atoms with Crippen LogP contribution < -0.4 is 10.8 Å². The largest absolute Gasteiger partial charge is 0.488 e. The lowest BCUT2D eigenvalue weighted by Gasteiger charge is -2.16. The van der Waals surface area contributed by atoms with Gasteiger partial charge in [-0.25, -0.2) is 0 Å². The second kappa shape index (κ2) is 7.24. The smallest absolute Gasteiger partial charge is 0.423 e. The van der Waals surface area contributed by atoms with Crippen LogP contribution in [0.5, 0.6) is 0 Å². The van der Waals surface area contributed by atoms with Crippen LogP contribution in [-0.4, -0.2) is 28.7 Å². The minimum Gasteiger partial charge on any atom is -0.423 e. The van der Waals surface area contributed by atoms with Gasteiger partial charge in [-0.15, -0.1) is 0 Å². The molecule has 110 valence electrons. The predicted molar refractivity (Wildman–Crippen MR) is 81.9 cm³/mol. The molecular weight excluding hydrogens is 269 g/mol. The summed E-state index contributed by atoms with van der Waals surface area (Å²) >= 11 is 0. The molecule has 2 rings (SSSR count). The number of aliphatic hydroxyl groups is 1. The van der Waals surface area contributed by atoms with Gasteiger partial charge in [-0.1, -0.05) is 36.4 Å². The average Bonchev–Trinajstić information content (AvgIpc) is 2.45. The van der Waals surface area contributed by atoms with Crippen LogP contribution in [0.4, 0.5) is 5.69 Å². The molecule has 6 heteroatoms. The zero-order valence-electron chi connectivity index (χ0n) is 11.7. The number of hydrogen-bond donors (Lipinski definition) is 4. The molecule has 2 aromatic rings. The van der Waals surface area contributed by atoms with Crippen molar-refractivity contribution >= 4 is 18.3 Å². The minimum absolute atomic E-state index is 0.274. The molecule has 0 amide bonds. The molecule has 0 saturated carbocycles. The van der Waals surface area contributed by atoms with Crippen molar-refractivity contribution in [2.45, 2.75) is 19.9 Å². The molecule has 0 spiro atoms. The summed E-state index contributed by atoms with van der Waals surface area (Å²) in [4.78, 5) is 0. The fourth-order valence-electron chi connectivity index (χ4n) is 1.98. The van der Waals surface area contributed by atoms with E-state index in [-0.39, 0.29) is 6.61 Å². The standard InChI is InChI=1S/C15H18BNO4/c1-11-7-13(16(19)20)9-14(8-11)17-15(18)21-10-12-5-3-2-4-6-12/h2-9,15,17-20H,10H2,1H3. The third-order valence-electron chi connectivity index (χ3n) is 2.94. The molecule has 1 atom stereocenters. The molecule has 0 aromatic heterocycles. The highest BCUT2D eigenvalue weighted by Gasteiger charge is 2.13. The third-order valence-corrected chi connectivity index (χ3v) is 2.94. The molecule has 0 radical (unpaired) electrons. The molecule has 4 N–H and O–H groups in total. The lowest BCUT2D eigenvalue weighted by molar-refractivity contribution is -0.0871. The van der Waals surface area contributed by atoms with Gasteiger partial charge in [0.25, 0.3) is 0 Å². The summed E-state index contributed by atoms with van der Waals surface area (Å²) in [7, 11) is -1.55. The minimum atomic E-state index is -1.55. The van der Waals surface area contributed by atoms with Crippen LogP contribution in [-0.2, 0) is 11.3 Å². The monoisotopic (exact) mass is 287 g/mol. The van der Waals surface area contributed by atoms with Crippen LogP contribution in [0.1, 0.15) is 11.1 Å². The van der Waals surface area contributed by atoms with Crippen molar-refractivity contribution in [1.29, 1.82) is 0 Å². The summed E-state index contributed by atoms with van der Waals surface area (Å²) in [6, 6.07) is 14.5. The number of benzene rings is 2. The van der Waals surface area contributed by atoms with E-state index in [4.69, 9.17) is 4.74 Å². The Labute approximate surface area is 124 Å². The van der Waals surface area contributed by atoms with Gasteiger partial charge in [-0.05, 0) is 35.6 Å². The normalized spacial score (nSPS) is 12.0. The van der Waals surface area contributed by atoms with Crippen molar-refractivity contribution in [3.63, 3.8) is 0 Å². The molecule has 0 aliphatic heterocycles. The lowest BCUT2D eigenvalue weighted by Crippen LogP contribution is -2.31. The Kier molecular flexibility index (Phi) is 5.35. The van der Waals surface area contributed by atoms with Crippen LogP contribution in [0.15, 0.2) is 48.5 Å². The zero-order valence-corrected chi connectivity index (χ0v) is 11.7. The SMILES string of the molecule is Cc1cc(NC(O)OCc2ccccc2)cc(B(O)O)c1. The Morgan fingerprint density at radius 1 is 1.14 bits per heavy atom. The van der Waals surface area contributed by atoms with Gasteiger partial charge in [-0.2, -0.15) is 0 Å². The van der Waals surface area contributed by atoms with Crippen LogP contribution >= 0.6 is 0 Å². The number of aryl methyl sites for hydroxylation is 1. The molecule has 0 aliphatic carbocycles. The van der Waals surface area contributed by atoms with Gasteiger partial charge in [0.2, 0.25) is 6.41 Å². The first-order valence-electron chi connectivity index (χ1n) is 6.62. The molecule has 0 bridgehead atoms. The molecule has 0 aliphatic rings. The summed E-state index contributed by atoms with van der Waals surface area (Å²) in [6.07, 6.45) is -1.18. The predicted octanol–water partition coefficient (Wildman–Crippen LogP) is 0.579. The first-order valence-corrected chi connectivity index (χ1v) is 6.62. The van der Waals surface area contributed by atoms with E-state index in [1.165, 1.54) is 0 Å². The van der Waals surface area contributed by atoms with Crippen molar-refractivity contribution in [2.75, 3.05) is 5.32 Å². The summed E-state index contributed by atoms with van der Waals surface area (Å²) in [5.41, 5.74) is 2.71. The van der Waals surface area contributed by atoms with E-state index in [2.05, 4.69) is 5.32 Å². The fourth-order valence-corrected chi connectivity index (χ4v) is 1.98. The van der Waals surface area contributed by atoms with Crippen LogP contribution in [0.2, 0.25) is 0 Å². The van der Waals surface area contributed by atoms with Gasteiger partial charge in [0.05, 0.1) is 6.61 Å². The molecular formula is C15H18BNO4.